The standard InChI is InChI=1S/C18H23N3O2S/c19-11-14-7-8-20-17(10-14)23-15-4-3-9-21(12-15)18(22)13-24-16-5-1-2-6-16/h7-8,10,15-16H,1-6,9,12-13H2. The van der Waals surface area contributed by atoms with Crippen molar-refractivity contribution in [3.05, 3.63) is 23.9 Å². The third kappa shape index (κ3) is 4.64. The molecule has 1 aromatic heterocycles. The lowest BCUT2D eigenvalue weighted by atomic mass is 10.1. The number of thioether (sulfide) groups is 1. The number of carbonyl (C=O) groups excluding carboxylic acids is 1. The number of hydrogen-bond donors (Lipinski definition) is 0. The Morgan fingerprint density at radius 3 is 3.00 bits per heavy atom. The lowest BCUT2D eigenvalue weighted by Gasteiger charge is -2.32. The molecule has 0 spiro atoms. The number of likely N-dealkylation sites (tertiary alicyclic amines) is 1. The van der Waals surface area contributed by atoms with Gasteiger partial charge in [-0.05, 0) is 31.7 Å². The number of nitrogens with zero attached hydrogens (tertiary/aromatic N) is 3. The second kappa shape index (κ2) is 8.39. The molecule has 1 unspecified atom stereocenters. The lowest BCUT2D eigenvalue weighted by molar-refractivity contribution is -0.130. The van der Waals surface area contributed by atoms with Gasteiger partial charge in [0.25, 0.3) is 0 Å². The first-order valence-electron chi connectivity index (χ1n) is 8.67. The van der Waals surface area contributed by atoms with Crippen molar-refractivity contribution < 1.29 is 9.53 Å². The molecular weight excluding hydrogens is 322 g/mol. The minimum atomic E-state index is -0.0411. The molecule has 0 aromatic carbocycles. The SMILES string of the molecule is N#Cc1ccnc(OC2CCCN(C(=O)CSC3CCCC3)C2)c1. The second-order valence-electron chi connectivity index (χ2n) is 6.43. The largest absolute Gasteiger partial charge is 0.472 e. The van der Waals surface area contributed by atoms with Gasteiger partial charge in [0.15, 0.2) is 0 Å². The fourth-order valence-electron chi connectivity index (χ4n) is 3.31. The average Bonchev–Trinajstić information content (AvgIpc) is 3.13. The van der Waals surface area contributed by atoms with Crippen LogP contribution >= 0.6 is 11.8 Å². The summed E-state index contributed by atoms with van der Waals surface area (Å²) < 4.78 is 5.89. The van der Waals surface area contributed by atoms with Crippen LogP contribution < -0.4 is 4.74 Å². The van der Waals surface area contributed by atoms with Gasteiger partial charge in [0.1, 0.15) is 6.10 Å². The number of nitriles is 1. The maximum absolute atomic E-state index is 12.4. The Morgan fingerprint density at radius 1 is 1.38 bits per heavy atom. The van der Waals surface area contributed by atoms with Gasteiger partial charge in [-0.1, -0.05) is 12.8 Å². The highest BCUT2D eigenvalue weighted by Gasteiger charge is 2.26. The van der Waals surface area contributed by atoms with Gasteiger partial charge in [-0.15, -0.1) is 11.8 Å². The van der Waals surface area contributed by atoms with Crippen molar-refractivity contribution in [2.45, 2.75) is 49.9 Å². The Labute approximate surface area is 147 Å². The highest BCUT2D eigenvalue weighted by Crippen LogP contribution is 2.29. The lowest BCUT2D eigenvalue weighted by Crippen LogP contribution is -2.45. The van der Waals surface area contributed by atoms with Crippen LogP contribution in [0, 0.1) is 11.3 Å². The van der Waals surface area contributed by atoms with Gasteiger partial charge in [-0.3, -0.25) is 4.79 Å². The molecule has 1 aromatic rings. The van der Waals surface area contributed by atoms with Gasteiger partial charge in [-0.25, -0.2) is 4.98 Å². The Hall–Kier alpha value is -1.74. The molecule has 128 valence electrons. The van der Waals surface area contributed by atoms with E-state index in [-0.39, 0.29) is 12.0 Å². The molecule has 1 saturated heterocycles. The molecule has 0 radical (unpaired) electrons. The molecule has 0 N–H and O–H groups in total. The molecule has 2 heterocycles. The zero-order valence-electron chi connectivity index (χ0n) is 13.8. The van der Waals surface area contributed by atoms with Crippen LogP contribution in [0.25, 0.3) is 0 Å². The van der Waals surface area contributed by atoms with Crippen molar-refractivity contribution in [3.8, 4) is 11.9 Å². The van der Waals surface area contributed by atoms with Gasteiger partial charge in [0.05, 0.1) is 23.9 Å². The number of carbonyl (C=O) groups is 1. The van der Waals surface area contributed by atoms with E-state index in [2.05, 4.69) is 11.1 Å². The van der Waals surface area contributed by atoms with Crippen molar-refractivity contribution in [1.82, 2.24) is 9.88 Å². The van der Waals surface area contributed by atoms with Crippen LogP contribution in [-0.2, 0) is 4.79 Å². The topological polar surface area (TPSA) is 66.2 Å². The molecule has 1 saturated carbocycles. The fourth-order valence-corrected chi connectivity index (χ4v) is 4.54. The maximum atomic E-state index is 12.4. The summed E-state index contributed by atoms with van der Waals surface area (Å²) in [6, 6.07) is 5.39. The summed E-state index contributed by atoms with van der Waals surface area (Å²) in [4.78, 5) is 18.5. The smallest absolute Gasteiger partial charge is 0.232 e. The highest BCUT2D eigenvalue weighted by atomic mass is 32.2. The highest BCUT2D eigenvalue weighted by molar-refractivity contribution is 8.00. The Balaban J connectivity index is 1.49. The fraction of sp³-hybridized carbons (Fsp3) is 0.611. The summed E-state index contributed by atoms with van der Waals surface area (Å²) in [6.45, 7) is 1.43. The van der Waals surface area contributed by atoms with Crippen LogP contribution in [0.15, 0.2) is 18.3 Å². The molecule has 2 aliphatic rings. The summed E-state index contributed by atoms with van der Waals surface area (Å²) in [7, 11) is 0. The van der Waals surface area contributed by atoms with Crippen molar-refractivity contribution in [2.24, 2.45) is 0 Å². The van der Waals surface area contributed by atoms with E-state index in [1.165, 1.54) is 25.7 Å². The quantitative estimate of drug-likeness (QED) is 0.821. The Morgan fingerprint density at radius 2 is 2.21 bits per heavy atom. The normalized spacial score (nSPS) is 21.5. The van der Waals surface area contributed by atoms with Gasteiger partial charge >= 0.3 is 0 Å². The number of hydrogen-bond acceptors (Lipinski definition) is 5. The van der Waals surface area contributed by atoms with E-state index >= 15 is 0 Å². The van der Waals surface area contributed by atoms with Gasteiger partial charge in [-0.2, -0.15) is 5.26 Å². The van der Waals surface area contributed by atoms with E-state index in [1.807, 2.05) is 16.7 Å². The monoisotopic (exact) mass is 345 g/mol. The Kier molecular flexibility index (Phi) is 5.97. The molecule has 1 atom stereocenters. The molecular formula is C18H23N3O2S. The van der Waals surface area contributed by atoms with Crippen LogP contribution in [0.5, 0.6) is 5.88 Å². The number of pyridine rings is 1. The number of amides is 1. The van der Waals surface area contributed by atoms with Crippen LogP contribution in [0.1, 0.15) is 44.1 Å². The van der Waals surface area contributed by atoms with Crippen LogP contribution in [-0.4, -0.2) is 46.0 Å². The summed E-state index contributed by atoms with van der Waals surface area (Å²) >= 11 is 1.82. The first-order valence-corrected chi connectivity index (χ1v) is 9.71. The minimum absolute atomic E-state index is 0.0411. The van der Waals surface area contributed by atoms with E-state index in [0.717, 1.165) is 19.4 Å². The van der Waals surface area contributed by atoms with Gasteiger partial charge in [0, 0.05) is 24.1 Å². The molecule has 1 amide bonds. The Bertz CT molecular complexity index is 611. The van der Waals surface area contributed by atoms with Crippen molar-refractivity contribution in [2.75, 3.05) is 18.8 Å². The molecule has 5 nitrogen and oxygen atoms in total. The first kappa shape index (κ1) is 17.1. The van der Waals surface area contributed by atoms with Gasteiger partial charge < -0.3 is 9.64 Å². The summed E-state index contributed by atoms with van der Waals surface area (Å²) in [5.41, 5.74) is 0.539. The molecule has 0 bridgehead atoms. The molecule has 3 rings (SSSR count). The number of rotatable bonds is 5. The van der Waals surface area contributed by atoms with Crippen LogP contribution in [0.3, 0.4) is 0 Å². The zero-order chi connectivity index (χ0) is 16.8. The van der Waals surface area contributed by atoms with Crippen molar-refractivity contribution >= 4 is 17.7 Å². The third-order valence-corrected chi connectivity index (χ3v) is 5.98. The number of piperidine rings is 1. The predicted octanol–water partition coefficient (Wildman–Crippen LogP) is 3.00. The van der Waals surface area contributed by atoms with E-state index < -0.39 is 0 Å². The summed E-state index contributed by atoms with van der Waals surface area (Å²) in [5.74, 6) is 1.27. The van der Waals surface area contributed by atoms with E-state index in [9.17, 15) is 4.79 Å². The van der Waals surface area contributed by atoms with Crippen LogP contribution in [0.2, 0.25) is 0 Å². The van der Waals surface area contributed by atoms with Gasteiger partial charge in [0.2, 0.25) is 11.8 Å². The average molecular weight is 345 g/mol. The van der Waals surface area contributed by atoms with Crippen molar-refractivity contribution in [3.63, 3.8) is 0 Å². The third-order valence-electron chi connectivity index (χ3n) is 4.63. The summed E-state index contributed by atoms with van der Waals surface area (Å²) in [6.07, 6.45) is 8.52. The van der Waals surface area contributed by atoms with Crippen molar-refractivity contribution in [1.29, 1.82) is 5.26 Å². The van der Waals surface area contributed by atoms with E-state index in [1.54, 1.807) is 18.3 Å². The maximum Gasteiger partial charge on any atom is 0.232 e. The zero-order valence-corrected chi connectivity index (χ0v) is 14.6. The molecule has 6 heteroatoms. The predicted molar refractivity (Wildman–Crippen MR) is 93.9 cm³/mol. The van der Waals surface area contributed by atoms with Crippen LogP contribution in [0.4, 0.5) is 0 Å². The number of aromatic nitrogens is 1. The van der Waals surface area contributed by atoms with E-state index in [4.69, 9.17) is 10.00 Å². The second-order valence-corrected chi connectivity index (χ2v) is 7.72. The molecule has 2 fully saturated rings. The first-order chi connectivity index (χ1) is 11.7. The minimum Gasteiger partial charge on any atom is -0.472 e. The molecule has 1 aliphatic carbocycles. The summed E-state index contributed by atoms with van der Waals surface area (Å²) in [5, 5.41) is 9.61. The molecule has 1 aliphatic heterocycles. The molecule has 24 heavy (non-hydrogen) atoms. The number of ether oxygens (including phenoxy) is 1. The van der Waals surface area contributed by atoms with E-state index in [0.29, 0.717) is 29.0 Å².